The van der Waals surface area contributed by atoms with E-state index in [2.05, 4.69) is 83.1 Å². The maximum Gasteiger partial charge on any atom is 0.0404 e. The molecule has 0 aromatic carbocycles. The Morgan fingerprint density at radius 3 is 0.542 bits per heavy atom. The van der Waals surface area contributed by atoms with Crippen LogP contribution in [0.15, 0.2) is 0 Å². The normalized spacial score (nSPS) is 40.0. The molecule has 1 aliphatic rings. The van der Waals surface area contributed by atoms with Crippen LogP contribution in [0.25, 0.3) is 0 Å². The first-order valence-electron chi connectivity index (χ1n) is 11.0. The largest absolute Gasteiger partial charge is 0.0682 e. The average Bonchev–Trinajstić information content (AvgIpc) is 2.47. The van der Waals surface area contributed by atoms with E-state index < -0.39 is 28.4 Å². The molecule has 144 valence electrons. The predicted molar refractivity (Wildman–Crippen MR) is 125 cm³/mol. The van der Waals surface area contributed by atoms with Gasteiger partial charge in [-0.15, -0.1) is 0 Å². The molecule has 0 N–H and O–H groups in total. The summed E-state index contributed by atoms with van der Waals surface area (Å²) < 4.78 is 0. The summed E-state index contributed by atoms with van der Waals surface area (Å²) in [7, 11) is -4.64. The van der Waals surface area contributed by atoms with Gasteiger partial charge in [0, 0.05) is 28.4 Å². The van der Waals surface area contributed by atoms with Crippen molar-refractivity contribution in [2.75, 3.05) is 0 Å². The van der Waals surface area contributed by atoms with Crippen LogP contribution >= 0.6 is 0 Å². The van der Waals surface area contributed by atoms with E-state index in [1.807, 2.05) is 0 Å². The Morgan fingerprint density at radius 1 is 0.375 bits per heavy atom. The zero-order chi connectivity index (χ0) is 19.1. The van der Waals surface area contributed by atoms with Gasteiger partial charge in [-0.2, -0.15) is 0 Å². The van der Waals surface area contributed by atoms with Crippen molar-refractivity contribution in [2.45, 2.75) is 129 Å². The summed E-state index contributed by atoms with van der Waals surface area (Å²) in [5.74, 6) is 0. The highest BCUT2D eigenvalue weighted by molar-refractivity contribution is 8.14. The van der Waals surface area contributed by atoms with Gasteiger partial charge < -0.3 is 0 Å². The molecule has 1 aliphatic heterocycles. The lowest BCUT2D eigenvalue weighted by Gasteiger charge is -2.85. The van der Waals surface area contributed by atoms with Gasteiger partial charge in [-0.3, -0.25) is 0 Å². The monoisotopic (exact) mass is 400 g/mol. The summed E-state index contributed by atoms with van der Waals surface area (Å²) >= 11 is 0. The molecule has 1 fully saturated rings. The summed E-state index contributed by atoms with van der Waals surface area (Å²) in [6.45, 7) is 32.1. The van der Waals surface area contributed by atoms with Crippen molar-refractivity contribution >= 4 is 28.4 Å². The van der Waals surface area contributed by atoms with Gasteiger partial charge in [-0.25, -0.2) is 0 Å². The van der Waals surface area contributed by atoms with Crippen molar-refractivity contribution in [3.05, 3.63) is 0 Å². The number of rotatable bonds is 8. The lowest BCUT2D eigenvalue weighted by atomic mass is 10.6. The maximum atomic E-state index is 2.68. The molecule has 0 atom stereocenters. The Morgan fingerprint density at radius 2 is 0.500 bits per heavy atom. The summed E-state index contributed by atoms with van der Waals surface area (Å²) in [6.07, 6.45) is 0. The van der Waals surface area contributed by atoms with Crippen LogP contribution in [0.2, 0.25) is 46.3 Å². The first kappa shape index (κ1) is 22.9. The third kappa shape index (κ3) is 2.06. The molecule has 4 heteroatoms. The minimum atomic E-state index is -1.16. The molecule has 1 saturated heterocycles. The van der Waals surface area contributed by atoms with E-state index in [0.717, 1.165) is 22.2 Å². The van der Waals surface area contributed by atoms with E-state index in [1.54, 1.807) is 24.2 Å². The lowest BCUT2D eigenvalue weighted by molar-refractivity contribution is 0.921. The molecular formula is C20H48Si4. The fraction of sp³-hybridized carbons (Fsp3) is 1.00. The van der Waals surface area contributed by atoms with Crippen molar-refractivity contribution in [2.24, 2.45) is 0 Å². The standard InChI is InChI=1S/C20H48Si4/c1-13-21(17(5)6)22(14-2,18(7)8)24(16-4,20(11)12)23(21,15-3)19(9)10/h17-20H,13-16H2,1-12H3. The van der Waals surface area contributed by atoms with Crippen LogP contribution in [0.3, 0.4) is 0 Å². The van der Waals surface area contributed by atoms with Gasteiger partial charge in [0.2, 0.25) is 0 Å². The Kier molecular flexibility index (Phi) is 7.13. The quantitative estimate of drug-likeness (QED) is 0.364. The third-order valence-electron chi connectivity index (χ3n) is 9.36. The highest BCUT2D eigenvalue weighted by atomic mass is 30.2. The maximum absolute atomic E-state index is 2.68. The van der Waals surface area contributed by atoms with Crippen molar-refractivity contribution in [3.63, 3.8) is 0 Å². The van der Waals surface area contributed by atoms with Crippen LogP contribution < -0.4 is 0 Å². The smallest absolute Gasteiger partial charge is 0.0404 e. The summed E-state index contributed by atoms with van der Waals surface area (Å²) in [6, 6.07) is 6.51. The molecule has 0 nitrogen and oxygen atoms in total. The summed E-state index contributed by atoms with van der Waals surface area (Å²) in [4.78, 5) is 0. The van der Waals surface area contributed by atoms with Crippen LogP contribution in [0.4, 0.5) is 0 Å². The topological polar surface area (TPSA) is 0 Å². The van der Waals surface area contributed by atoms with Crippen LogP contribution in [0.1, 0.15) is 83.1 Å². The first-order chi connectivity index (χ1) is 11.0. The molecule has 0 aliphatic carbocycles. The van der Waals surface area contributed by atoms with Crippen LogP contribution in [0, 0.1) is 0 Å². The molecule has 1 rings (SSSR count). The Labute approximate surface area is 157 Å². The van der Waals surface area contributed by atoms with Crippen molar-refractivity contribution in [3.8, 4) is 0 Å². The minimum Gasteiger partial charge on any atom is -0.0682 e. The number of hydrogen-bond acceptors (Lipinski definition) is 0. The van der Waals surface area contributed by atoms with Gasteiger partial charge in [-0.05, 0) is 0 Å². The Balaban J connectivity index is 4.03. The Hall–Kier alpha value is 0.868. The van der Waals surface area contributed by atoms with Gasteiger partial charge >= 0.3 is 0 Å². The summed E-state index contributed by atoms with van der Waals surface area (Å²) in [5.41, 5.74) is 4.15. The molecule has 24 heavy (non-hydrogen) atoms. The van der Waals surface area contributed by atoms with Gasteiger partial charge in [-0.1, -0.05) is 129 Å². The molecule has 1 heterocycles. The van der Waals surface area contributed by atoms with E-state index >= 15 is 0 Å². The molecule has 0 aromatic rings. The predicted octanol–water partition coefficient (Wildman–Crippen LogP) is 7.83. The van der Waals surface area contributed by atoms with Crippen LogP contribution in [-0.2, 0) is 0 Å². The van der Waals surface area contributed by atoms with Crippen molar-refractivity contribution in [1.82, 2.24) is 0 Å². The van der Waals surface area contributed by atoms with Gasteiger partial charge in [0.05, 0.1) is 0 Å². The zero-order valence-corrected chi connectivity index (χ0v) is 23.1. The zero-order valence-electron chi connectivity index (χ0n) is 19.1. The van der Waals surface area contributed by atoms with Gasteiger partial charge in [0.15, 0.2) is 0 Å². The lowest BCUT2D eigenvalue weighted by Crippen LogP contribution is -3.09. The molecule has 0 bridgehead atoms. The first-order valence-corrected chi connectivity index (χ1v) is 24.2. The minimum absolute atomic E-state index is 1.04. The van der Waals surface area contributed by atoms with E-state index in [1.165, 1.54) is 0 Å². The SMILES string of the molecule is CC[Si]1(C(C)C)[Si](CC)(C(C)C)[Si](CC)(C(C)C)[Si]1(CC)C(C)C. The van der Waals surface area contributed by atoms with E-state index in [9.17, 15) is 0 Å². The Bertz CT molecular complexity index is 337. The average molecular weight is 401 g/mol. The summed E-state index contributed by atoms with van der Waals surface area (Å²) in [5, 5.41) is 0. The second-order valence-corrected chi connectivity index (χ2v) is 52.5. The molecule has 0 unspecified atom stereocenters. The van der Waals surface area contributed by atoms with Crippen molar-refractivity contribution < 1.29 is 0 Å². The highest BCUT2D eigenvalue weighted by Crippen LogP contribution is 2.70. The molecule has 0 saturated carbocycles. The second kappa shape index (κ2) is 7.47. The highest BCUT2D eigenvalue weighted by Gasteiger charge is 2.88. The third-order valence-corrected chi connectivity index (χ3v) is 111. The van der Waals surface area contributed by atoms with Crippen molar-refractivity contribution in [1.29, 1.82) is 0 Å². The van der Waals surface area contributed by atoms with Gasteiger partial charge in [0.25, 0.3) is 0 Å². The fourth-order valence-electron chi connectivity index (χ4n) is 9.81. The van der Waals surface area contributed by atoms with E-state index in [4.69, 9.17) is 0 Å². The second-order valence-electron chi connectivity index (χ2n) is 9.92. The van der Waals surface area contributed by atoms with Gasteiger partial charge in [0.1, 0.15) is 0 Å². The van der Waals surface area contributed by atoms with Crippen LogP contribution in [0.5, 0.6) is 0 Å². The molecule has 0 amide bonds. The van der Waals surface area contributed by atoms with E-state index in [0.29, 0.717) is 0 Å². The molecular weight excluding hydrogens is 353 g/mol. The fourth-order valence-corrected chi connectivity index (χ4v) is 178. The number of hydrogen-bond donors (Lipinski definition) is 0. The molecule has 0 radical (unpaired) electrons. The molecule has 0 spiro atoms. The van der Waals surface area contributed by atoms with Crippen LogP contribution in [-0.4, -0.2) is 28.4 Å². The molecule has 0 aromatic heterocycles. The van der Waals surface area contributed by atoms with E-state index in [-0.39, 0.29) is 0 Å².